The zero-order valence-electron chi connectivity index (χ0n) is 12.6. The Bertz CT molecular complexity index is 646. The molecular formula is C16H19ClN4O. The number of carbonyl (C=O) groups excluding carboxylic acids is 1. The lowest BCUT2D eigenvalue weighted by Gasteiger charge is -2.12. The largest absolute Gasteiger partial charge is 0.384 e. The molecule has 0 bridgehead atoms. The summed E-state index contributed by atoms with van der Waals surface area (Å²) < 4.78 is 0. The SMILES string of the molecule is CN(C)CCNc1ccnc(C(=O)Nc2ccccc2Cl)c1. The fourth-order valence-corrected chi connectivity index (χ4v) is 2.02. The van der Waals surface area contributed by atoms with Crippen molar-refractivity contribution in [3.63, 3.8) is 0 Å². The molecule has 0 saturated carbocycles. The van der Waals surface area contributed by atoms with Crippen molar-refractivity contribution < 1.29 is 4.79 Å². The van der Waals surface area contributed by atoms with Crippen LogP contribution in [-0.2, 0) is 0 Å². The quantitative estimate of drug-likeness (QED) is 0.859. The fourth-order valence-electron chi connectivity index (χ4n) is 1.84. The number of aromatic nitrogens is 1. The molecule has 0 aliphatic carbocycles. The van der Waals surface area contributed by atoms with Crippen LogP contribution in [0.1, 0.15) is 10.5 Å². The van der Waals surface area contributed by atoms with Crippen molar-refractivity contribution in [2.45, 2.75) is 0 Å². The van der Waals surface area contributed by atoms with Gasteiger partial charge in [-0.25, -0.2) is 0 Å². The zero-order chi connectivity index (χ0) is 15.9. The first-order valence-corrected chi connectivity index (χ1v) is 7.34. The molecule has 6 heteroatoms. The van der Waals surface area contributed by atoms with Gasteiger partial charge in [-0.2, -0.15) is 0 Å². The van der Waals surface area contributed by atoms with Gasteiger partial charge in [0.25, 0.3) is 5.91 Å². The molecule has 0 saturated heterocycles. The summed E-state index contributed by atoms with van der Waals surface area (Å²) >= 11 is 6.03. The van der Waals surface area contributed by atoms with Crippen LogP contribution in [0.4, 0.5) is 11.4 Å². The highest BCUT2D eigenvalue weighted by Crippen LogP contribution is 2.21. The standard InChI is InChI=1S/C16H19ClN4O/c1-21(2)10-9-18-12-7-8-19-15(11-12)16(22)20-14-6-4-3-5-13(14)17/h3-8,11H,9-10H2,1-2H3,(H,18,19)(H,20,22). The van der Waals surface area contributed by atoms with Crippen LogP contribution in [0.5, 0.6) is 0 Å². The Balaban J connectivity index is 2.02. The van der Waals surface area contributed by atoms with Gasteiger partial charge in [-0.3, -0.25) is 9.78 Å². The van der Waals surface area contributed by atoms with Crippen molar-refractivity contribution in [3.05, 3.63) is 53.3 Å². The molecule has 2 rings (SSSR count). The Morgan fingerprint density at radius 2 is 2.05 bits per heavy atom. The number of carbonyl (C=O) groups is 1. The van der Waals surface area contributed by atoms with Crippen LogP contribution < -0.4 is 10.6 Å². The van der Waals surface area contributed by atoms with Gasteiger partial charge in [0.2, 0.25) is 0 Å². The molecule has 0 aliphatic rings. The molecule has 0 radical (unpaired) electrons. The van der Waals surface area contributed by atoms with E-state index in [0.29, 0.717) is 16.4 Å². The molecule has 2 aromatic rings. The molecule has 5 nitrogen and oxygen atoms in total. The van der Waals surface area contributed by atoms with Crippen molar-refractivity contribution in [2.24, 2.45) is 0 Å². The lowest BCUT2D eigenvalue weighted by molar-refractivity contribution is 0.102. The summed E-state index contributed by atoms with van der Waals surface area (Å²) in [4.78, 5) is 18.4. The van der Waals surface area contributed by atoms with Gasteiger partial charge in [-0.1, -0.05) is 23.7 Å². The highest BCUT2D eigenvalue weighted by molar-refractivity contribution is 6.33. The Morgan fingerprint density at radius 1 is 1.27 bits per heavy atom. The van der Waals surface area contributed by atoms with Gasteiger partial charge in [0.05, 0.1) is 10.7 Å². The first kappa shape index (κ1) is 16.3. The van der Waals surface area contributed by atoms with Crippen LogP contribution in [0.2, 0.25) is 5.02 Å². The van der Waals surface area contributed by atoms with Crippen molar-refractivity contribution in [1.82, 2.24) is 9.88 Å². The first-order valence-electron chi connectivity index (χ1n) is 6.97. The molecule has 1 aromatic heterocycles. The van der Waals surface area contributed by atoms with E-state index in [9.17, 15) is 4.79 Å². The number of anilines is 2. The van der Waals surface area contributed by atoms with Crippen LogP contribution in [0.3, 0.4) is 0 Å². The number of rotatable bonds is 6. The summed E-state index contributed by atoms with van der Waals surface area (Å²) in [6, 6.07) is 10.7. The molecule has 0 fully saturated rings. The van der Waals surface area contributed by atoms with Crippen molar-refractivity contribution >= 4 is 28.9 Å². The average Bonchev–Trinajstić information content (AvgIpc) is 2.49. The number of hydrogen-bond donors (Lipinski definition) is 2. The molecule has 1 heterocycles. The molecule has 0 spiro atoms. The van der Waals surface area contributed by atoms with E-state index in [1.54, 1.807) is 24.4 Å². The second-order valence-electron chi connectivity index (χ2n) is 5.09. The molecule has 1 amide bonds. The van der Waals surface area contributed by atoms with E-state index >= 15 is 0 Å². The summed E-state index contributed by atoms with van der Waals surface area (Å²) in [5, 5.41) is 6.51. The number of para-hydroxylation sites is 1. The Morgan fingerprint density at radius 3 is 2.77 bits per heavy atom. The normalized spacial score (nSPS) is 10.5. The van der Waals surface area contributed by atoms with Crippen LogP contribution >= 0.6 is 11.6 Å². The summed E-state index contributed by atoms with van der Waals surface area (Å²) in [5.74, 6) is -0.288. The third kappa shape index (κ3) is 4.72. The molecule has 2 N–H and O–H groups in total. The maximum absolute atomic E-state index is 12.2. The Hall–Kier alpha value is -2.11. The maximum atomic E-state index is 12.2. The lowest BCUT2D eigenvalue weighted by Crippen LogP contribution is -2.21. The van der Waals surface area contributed by atoms with Gasteiger partial charge in [0.1, 0.15) is 5.69 Å². The fraction of sp³-hybridized carbons (Fsp3) is 0.250. The minimum Gasteiger partial charge on any atom is -0.384 e. The molecule has 0 aliphatic heterocycles. The van der Waals surface area contributed by atoms with Gasteiger partial charge >= 0.3 is 0 Å². The first-order chi connectivity index (χ1) is 10.6. The third-order valence-electron chi connectivity index (χ3n) is 3.00. The van der Waals surface area contributed by atoms with Crippen LogP contribution in [0.25, 0.3) is 0 Å². The Kier molecular flexibility index (Phi) is 5.75. The molecule has 1 aromatic carbocycles. The minimum absolute atomic E-state index is 0.288. The number of amides is 1. The van der Waals surface area contributed by atoms with Gasteiger partial charge in [-0.15, -0.1) is 0 Å². The molecule has 22 heavy (non-hydrogen) atoms. The van der Waals surface area contributed by atoms with E-state index in [0.717, 1.165) is 18.8 Å². The predicted octanol–water partition coefficient (Wildman–Crippen LogP) is 2.96. The summed E-state index contributed by atoms with van der Waals surface area (Å²) in [6.45, 7) is 1.70. The molecule has 0 unspecified atom stereocenters. The van der Waals surface area contributed by atoms with E-state index in [-0.39, 0.29) is 5.91 Å². The van der Waals surface area contributed by atoms with E-state index in [1.807, 2.05) is 32.3 Å². The van der Waals surface area contributed by atoms with E-state index in [4.69, 9.17) is 11.6 Å². The number of benzene rings is 1. The van der Waals surface area contributed by atoms with Crippen molar-refractivity contribution in [2.75, 3.05) is 37.8 Å². The monoisotopic (exact) mass is 318 g/mol. The predicted molar refractivity (Wildman–Crippen MR) is 90.7 cm³/mol. The summed E-state index contributed by atoms with van der Waals surface area (Å²) in [6.07, 6.45) is 1.61. The van der Waals surface area contributed by atoms with Gasteiger partial charge in [0, 0.05) is 25.0 Å². The highest BCUT2D eigenvalue weighted by Gasteiger charge is 2.10. The number of nitrogens with one attached hydrogen (secondary N) is 2. The highest BCUT2D eigenvalue weighted by atomic mass is 35.5. The molecular weight excluding hydrogens is 300 g/mol. The minimum atomic E-state index is -0.288. The van der Waals surface area contributed by atoms with Crippen LogP contribution in [0, 0.1) is 0 Å². The number of pyridine rings is 1. The van der Waals surface area contributed by atoms with Gasteiger partial charge in [0.15, 0.2) is 0 Å². The zero-order valence-corrected chi connectivity index (χ0v) is 13.4. The van der Waals surface area contributed by atoms with Crippen molar-refractivity contribution in [1.29, 1.82) is 0 Å². The molecule has 0 atom stereocenters. The molecule has 116 valence electrons. The summed E-state index contributed by atoms with van der Waals surface area (Å²) in [5.41, 5.74) is 1.78. The smallest absolute Gasteiger partial charge is 0.274 e. The third-order valence-corrected chi connectivity index (χ3v) is 3.33. The van der Waals surface area contributed by atoms with Crippen LogP contribution in [0.15, 0.2) is 42.6 Å². The van der Waals surface area contributed by atoms with E-state index in [2.05, 4.69) is 20.5 Å². The number of nitrogens with zero attached hydrogens (tertiary/aromatic N) is 2. The number of hydrogen-bond acceptors (Lipinski definition) is 4. The van der Waals surface area contributed by atoms with Gasteiger partial charge < -0.3 is 15.5 Å². The summed E-state index contributed by atoms with van der Waals surface area (Å²) in [7, 11) is 4.02. The van der Waals surface area contributed by atoms with Gasteiger partial charge in [-0.05, 0) is 38.4 Å². The maximum Gasteiger partial charge on any atom is 0.274 e. The number of likely N-dealkylation sites (N-methyl/N-ethyl adjacent to an activating group) is 1. The average molecular weight is 319 g/mol. The van der Waals surface area contributed by atoms with Crippen LogP contribution in [-0.4, -0.2) is 43.0 Å². The van der Waals surface area contributed by atoms with E-state index in [1.165, 1.54) is 0 Å². The topological polar surface area (TPSA) is 57.3 Å². The van der Waals surface area contributed by atoms with E-state index < -0.39 is 0 Å². The lowest BCUT2D eigenvalue weighted by atomic mass is 10.2. The van der Waals surface area contributed by atoms with Crippen molar-refractivity contribution in [3.8, 4) is 0 Å². The second kappa shape index (κ2) is 7.77. The number of halogens is 1. The second-order valence-corrected chi connectivity index (χ2v) is 5.50. The Labute approximate surface area is 135 Å².